The maximum absolute atomic E-state index is 5.28. The molecule has 1 aliphatic rings. The van der Waals surface area contributed by atoms with Crippen LogP contribution in [0.25, 0.3) is 0 Å². The highest BCUT2D eigenvalue weighted by atomic mass is 16.5. The van der Waals surface area contributed by atoms with Crippen LogP contribution in [-0.2, 0) is 4.74 Å². The first-order valence-electron chi connectivity index (χ1n) is 4.86. The van der Waals surface area contributed by atoms with E-state index in [0.717, 1.165) is 39.4 Å². The van der Waals surface area contributed by atoms with Crippen molar-refractivity contribution in [1.29, 1.82) is 0 Å². The van der Waals surface area contributed by atoms with Crippen LogP contribution in [-0.4, -0.2) is 50.3 Å². The van der Waals surface area contributed by atoms with E-state index in [2.05, 4.69) is 24.1 Å². The van der Waals surface area contributed by atoms with Gasteiger partial charge >= 0.3 is 0 Å². The Balaban J connectivity index is 0.00000144. The van der Waals surface area contributed by atoms with Gasteiger partial charge in [-0.3, -0.25) is 4.90 Å². The predicted molar refractivity (Wildman–Crippen MR) is 52.5 cm³/mol. The van der Waals surface area contributed by atoms with Crippen LogP contribution in [0.5, 0.6) is 0 Å². The Bertz CT molecular complexity index is 118. The van der Waals surface area contributed by atoms with Crippen molar-refractivity contribution in [3.63, 3.8) is 0 Å². The zero-order valence-electron chi connectivity index (χ0n) is 8.18. The number of nitrogens with one attached hydrogen (secondary N) is 1. The Morgan fingerprint density at radius 3 is 2.75 bits per heavy atom. The zero-order valence-corrected chi connectivity index (χ0v) is 8.18. The minimum atomic E-state index is 0. The molecule has 12 heavy (non-hydrogen) atoms. The molecule has 0 bridgehead atoms. The molecule has 1 N–H and O–H groups in total. The van der Waals surface area contributed by atoms with Gasteiger partial charge in [-0.05, 0) is 13.5 Å². The van der Waals surface area contributed by atoms with E-state index in [4.69, 9.17) is 4.74 Å². The van der Waals surface area contributed by atoms with Gasteiger partial charge in [-0.1, -0.05) is 6.92 Å². The third-order valence-corrected chi connectivity index (χ3v) is 2.19. The number of rotatable bonds is 4. The minimum Gasteiger partial charge on any atom is -0.379 e. The summed E-state index contributed by atoms with van der Waals surface area (Å²) >= 11 is 0. The first-order chi connectivity index (χ1) is 5.83. The molecule has 1 rings (SSSR count). The summed E-state index contributed by atoms with van der Waals surface area (Å²) in [6.07, 6.45) is 0. The summed E-state index contributed by atoms with van der Waals surface area (Å²) in [4.78, 5) is 2.46. The van der Waals surface area contributed by atoms with E-state index in [-0.39, 0.29) is 1.43 Å². The minimum absolute atomic E-state index is 0. The van der Waals surface area contributed by atoms with Crippen molar-refractivity contribution < 1.29 is 6.16 Å². The van der Waals surface area contributed by atoms with Crippen molar-refractivity contribution in [3.8, 4) is 0 Å². The molecule has 0 aliphatic carbocycles. The van der Waals surface area contributed by atoms with E-state index < -0.39 is 0 Å². The van der Waals surface area contributed by atoms with Crippen LogP contribution in [0.4, 0.5) is 0 Å². The topological polar surface area (TPSA) is 24.5 Å². The molecule has 3 heteroatoms. The number of nitrogens with zero attached hydrogens (tertiary/aromatic N) is 1. The number of likely N-dealkylation sites (N-methyl/N-ethyl adjacent to an activating group) is 1. The third kappa shape index (κ3) is 3.52. The Labute approximate surface area is 76.6 Å². The summed E-state index contributed by atoms with van der Waals surface area (Å²) < 4.78 is 5.28. The zero-order chi connectivity index (χ0) is 8.81. The quantitative estimate of drug-likeness (QED) is 0.674. The van der Waals surface area contributed by atoms with Crippen LogP contribution in [0.2, 0.25) is 0 Å². The molecule has 0 aromatic heterocycles. The maximum atomic E-state index is 5.28. The second kappa shape index (κ2) is 5.51. The molecular weight excluding hydrogens is 152 g/mol. The SMILES string of the molecule is CCNC(C)CN1CCOCC1.[HH]. The van der Waals surface area contributed by atoms with Gasteiger partial charge in [0.05, 0.1) is 13.2 Å². The highest BCUT2D eigenvalue weighted by Gasteiger charge is 2.12. The van der Waals surface area contributed by atoms with Gasteiger partial charge in [-0.25, -0.2) is 0 Å². The Morgan fingerprint density at radius 1 is 1.50 bits per heavy atom. The molecule has 1 heterocycles. The van der Waals surface area contributed by atoms with Crippen molar-refractivity contribution in [2.45, 2.75) is 19.9 Å². The highest BCUT2D eigenvalue weighted by Crippen LogP contribution is 1.97. The monoisotopic (exact) mass is 174 g/mol. The maximum Gasteiger partial charge on any atom is 0.0594 e. The Hall–Kier alpha value is -0.120. The van der Waals surface area contributed by atoms with E-state index in [1.807, 2.05) is 0 Å². The van der Waals surface area contributed by atoms with E-state index in [0.29, 0.717) is 6.04 Å². The first-order valence-corrected chi connectivity index (χ1v) is 4.86. The summed E-state index contributed by atoms with van der Waals surface area (Å²) in [7, 11) is 0. The van der Waals surface area contributed by atoms with Crippen LogP contribution in [0.15, 0.2) is 0 Å². The molecule has 1 aliphatic heterocycles. The van der Waals surface area contributed by atoms with E-state index >= 15 is 0 Å². The van der Waals surface area contributed by atoms with Gasteiger partial charge in [-0.2, -0.15) is 0 Å². The van der Waals surface area contributed by atoms with Gasteiger partial charge in [0.1, 0.15) is 0 Å². The van der Waals surface area contributed by atoms with Gasteiger partial charge in [0.2, 0.25) is 0 Å². The standard InChI is InChI=1S/C9H20N2O.H2/c1-3-10-9(2)8-11-4-6-12-7-5-11;/h9-10H,3-8H2,1-2H3;1H. The second-order valence-corrected chi connectivity index (χ2v) is 3.37. The van der Waals surface area contributed by atoms with Gasteiger partial charge in [0.25, 0.3) is 0 Å². The van der Waals surface area contributed by atoms with Gasteiger partial charge in [0.15, 0.2) is 0 Å². The molecule has 1 fully saturated rings. The fourth-order valence-electron chi connectivity index (χ4n) is 1.58. The first kappa shape index (κ1) is 9.96. The van der Waals surface area contributed by atoms with Crippen LogP contribution in [0.1, 0.15) is 15.3 Å². The van der Waals surface area contributed by atoms with Gasteiger partial charge < -0.3 is 10.1 Å². The third-order valence-electron chi connectivity index (χ3n) is 2.19. The lowest BCUT2D eigenvalue weighted by molar-refractivity contribution is 0.0345. The average molecular weight is 174 g/mol. The largest absolute Gasteiger partial charge is 0.379 e. The molecule has 0 spiro atoms. The van der Waals surface area contributed by atoms with E-state index in [1.165, 1.54) is 0 Å². The van der Waals surface area contributed by atoms with Crippen LogP contribution < -0.4 is 5.32 Å². The molecule has 1 saturated heterocycles. The fraction of sp³-hybridized carbons (Fsp3) is 1.00. The molecule has 0 aromatic rings. The van der Waals surface area contributed by atoms with Crippen LogP contribution in [0.3, 0.4) is 0 Å². The smallest absolute Gasteiger partial charge is 0.0594 e. The summed E-state index contributed by atoms with van der Waals surface area (Å²) in [5.74, 6) is 0. The number of hydrogen-bond acceptors (Lipinski definition) is 3. The molecule has 74 valence electrons. The molecular formula is C9H22N2O. The number of morpholine rings is 1. The lowest BCUT2D eigenvalue weighted by atomic mass is 10.3. The average Bonchev–Trinajstić information content (AvgIpc) is 2.06. The van der Waals surface area contributed by atoms with Crippen molar-refractivity contribution in [2.24, 2.45) is 0 Å². The lowest BCUT2D eigenvalue weighted by Crippen LogP contribution is -2.44. The lowest BCUT2D eigenvalue weighted by Gasteiger charge is -2.29. The van der Waals surface area contributed by atoms with Gasteiger partial charge in [-0.15, -0.1) is 0 Å². The van der Waals surface area contributed by atoms with Crippen molar-refractivity contribution in [2.75, 3.05) is 39.4 Å². The molecule has 0 amide bonds. The molecule has 1 atom stereocenters. The number of ether oxygens (including phenoxy) is 1. The van der Waals surface area contributed by atoms with E-state index in [1.54, 1.807) is 0 Å². The van der Waals surface area contributed by atoms with Crippen molar-refractivity contribution >= 4 is 0 Å². The molecule has 0 saturated carbocycles. The summed E-state index contributed by atoms with van der Waals surface area (Å²) in [5.41, 5.74) is 0. The van der Waals surface area contributed by atoms with Crippen molar-refractivity contribution in [1.82, 2.24) is 10.2 Å². The summed E-state index contributed by atoms with van der Waals surface area (Å²) in [6, 6.07) is 0.605. The molecule has 0 aromatic carbocycles. The highest BCUT2D eigenvalue weighted by molar-refractivity contribution is 4.68. The Morgan fingerprint density at radius 2 is 2.17 bits per heavy atom. The Kier molecular flexibility index (Phi) is 4.58. The normalized spacial score (nSPS) is 22.5. The predicted octanol–water partition coefficient (Wildman–Crippen LogP) is 0.563. The van der Waals surface area contributed by atoms with Gasteiger partial charge in [0, 0.05) is 27.1 Å². The van der Waals surface area contributed by atoms with E-state index in [9.17, 15) is 0 Å². The molecule has 1 unspecified atom stereocenters. The second-order valence-electron chi connectivity index (χ2n) is 3.37. The van der Waals surface area contributed by atoms with Crippen LogP contribution >= 0.6 is 0 Å². The van der Waals surface area contributed by atoms with Crippen LogP contribution in [0, 0.1) is 0 Å². The summed E-state index contributed by atoms with van der Waals surface area (Å²) in [6.45, 7) is 10.6. The number of hydrogen-bond donors (Lipinski definition) is 1. The summed E-state index contributed by atoms with van der Waals surface area (Å²) in [5, 5.41) is 3.41. The molecule has 0 radical (unpaired) electrons. The van der Waals surface area contributed by atoms with Crippen molar-refractivity contribution in [3.05, 3.63) is 0 Å². The molecule has 3 nitrogen and oxygen atoms in total. The fourth-order valence-corrected chi connectivity index (χ4v) is 1.58.